The standard InChI is InChI=1S/C15H22ClN3O/c1-2-18-10-11-9-12(16)6-7-13(11)19-8-4-3-5-14(19)15(17)20/h6-7,9,14,18H,2-5,8,10H2,1H3,(H2,17,20). The van der Waals surface area contributed by atoms with E-state index in [0.29, 0.717) is 5.02 Å². The fraction of sp³-hybridized carbons (Fsp3) is 0.533. The number of primary amides is 1. The van der Waals surface area contributed by atoms with Gasteiger partial charge >= 0.3 is 0 Å². The summed E-state index contributed by atoms with van der Waals surface area (Å²) in [5.41, 5.74) is 7.74. The average Bonchev–Trinajstić information content (AvgIpc) is 2.45. The Hall–Kier alpha value is -1.26. The maximum Gasteiger partial charge on any atom is 0.240 e. The minimum Gasteiger partial charge on any atom is -0.368 e. The number of carbonyl (C=O) groups excluding carboxylic acids is 1. The molecule has 20 heavy (non-hydrogen) atoms. The molecule has 0 aliphatic carbocycles. The summed E-state index contributed by atoms with van der Waals surface area (Å²) in [6.45, 7) is 4.57. The number of hydrogen-bond acceptors (Lipinski definition) is 3. The highest BCUT2D eigenvalue weighted by molar-refractivity contribution is 6.30. The van der Waals surface area contributed by atoms with Gasteiger partial charge in [-0.15, -0.1) is 0 Å². The summed E-state index contributed by atoms with van der Waals surface area (Å²) in [5.74, 6) is -0.242. The van der Waals surface area contributed by atoms with E-state index < -0.39 is 0 Å². The van der Waals surface area contributed by atoms with Crippen molar-refractivity contribution in [3.63, 3.8) is 0 Å². The molecule has 1 heterocycles. The van der Waals surface area contributed by atoms with Crippen LogP contribution in [-0.2, 0) is 11.3 Å². The van der Waals surface area contributed by atoms with Crippen LogP contribution in [0.4, 0.5) is 5.69 Å². The van der Waals surface area contributed by atoms with Crippen LogP contribution in [0.3, 0.4) is 0 Å². The van der Waals surface area contributed by atoms with Crippen LogP contribution >= 0.6 is 11.6 Å². The molecule has 0 spiro atoms. The van der Waals surface area contributed by atoms with Crippen LogP contribution < -0.4 is 16.0 Å². The smallest absolute Gasteiger partial charge is 0.240 e. The second kappa shape index (κ2) is 6.95. The van der Waals surface area contributed by atoms with Crippen molar-refractivity contribution in [2.45, 2.75) is 38.8 Å². The van der Waals surface area contributed by atoms with Gasteiger partial charge in [0, 0.05) is 23.8 Å². The van der Waals surface area contributed by atoms with Gasteiger partial charge in [0.1, 0.15) is 6.04 Å². The van der Waals surface area contributed by atoms with Crippen molar-refractivity contribution in [3.8, 4) is 0 Å². The van der Waals surface area contributed by atoms with Crippen molar-refractivity contribution in [2.24, 2.45) is 5.73 Å². The molecule has 1 fully saturated rings. The molecule has 1 unspecified atom stereocenters. The number of nitrogens with zero attached hydrogens (tertiary/aromatic N) is 1. The van der Waals surface area contributed by atoms with Crippen LogP contribution in [-0.4, -0.2) is 25.0 Å². The molecule has 5 heteroatoms. The van der Waals surface area contributed by atoms with Gasteiger partial charge in [0.2, 0.25) is 5.91 Å². The summed E-state index contributed by atoms with van der Waals surface area (Å²) in [6.07, 6.45) is 2.98. The second-order valence-electron chi connectivity index (χ2n) is 5.16. The van der Waals surface area contributed by atoms with Crippen molar-refractivity contribution >= 4 is 23.2 Å². The number of nitrogens with two attached hydrogens (primary N) is 1. The average molecular weight is 296 g/mol. The van der Waals surface area contributed by atoms with Crippen LogP contribution in [0.2, 0.25) is 5.02 Å². The first-order chi connectivity index (χ1) is 9.63. The summed E-state index contributed by atoms with van der Waals surface area (Å²) >= 11 is 6.10. The van der Waals surface area contributed by atoms with Crippen LogP contribution in [0.15, 0.2) is 18.2 Å². The Bertz CT molecular complexity index is 478. The molecule has 1 atom stereocenters. The van der Waals surface area contributed by atoms with E-state index >= 15 is 0 Å². The Kier molecular flexibility index (Phi) is 5.26. The predicted octanol–water partition coefficient (Wildman–Crippen LogP) is 2.29. The largest absolute Gasteiger partial charge is 0.368 e. The molecular weight excluding hydrogens is 274 g/mol. The summed E-state index contributed by atoms with van der Waals surface area (Å²) in [7, 11) is 0. The lowest BCUT2D eigenvalue weighted by Gasteiger charge is -2.37. The third-order valence-corrected chi connectivity index (χ3v) is 3.98. The molecule has 4 nitrogen and oxygen atoms in total. The van der Waals surface area contributed by atoms with E-state index in [0.717, 1.165) is 50.1 Å². The van der Waals surface area contributed by atoms with E-state index in [1.165, 1.54) is 0 Å². The first-order valence-electron chi connectivity index (χ1n) is 7.18. The zero-order valence-electron chi connectivity index (χ0n) is 11.9. The molecular formula is C15H22ClN3O. The third kappa shape index (κ3) is 3.44. The van der Waals surface area contributed by atoms with Gasteiger partial charge in [-0.25, -0.2) is 0 Å². The summed E-state index contributed by atoms with van der Waals surface area (Å²) in [5, 5.41) is 4.03. The van der Waals surface area contributed by atoms with E-state index in [4.69, 9.17) is 17.3 Å². The molecule has 0 bridgehead atoms. The SMILES string of the molecule is CCNCc1cc(Cl)ccc1N1CCCCC1C(N)=O. The molecule has 3 N–H and O–H groups in total. The molecule has 1 amide bonds. The van der Waals surface area contributed by atoms with Crippen LogP contribution in [0.1, 0.15) is 31.7 Å². The first kappa shape index (κ1) is 15.1. The maximum absolute atomic E-state index is 11.7. The zero-order valence-corrected chi connectivity index (χ0v) is 12.6. The fourth-order valence-electron chi connectivity index (χ4n) is 2.75. The van der Waals surface area contributed by atoms with E-state index in [1.54, 1.807) is 0 Å². The minimum absolute atomic E-state index is 0.203. The molecule has 110 valence electrons. The monoisotopic (exact) mass is 295 g/mol. The highest BCUT2D eigenvalue weighted by atomic mass is 35.5. The summed E-state index contributed by atoms with van der Waals surface area (Å²) < 4.78 is 0. The number of piperidine rings is 1. The molecule has 1 aliphatic heterocycles. The predicted molar refractivity (Wildman–Crippen MR) is 83.0 cm³/mol. The number of hydrogen-bond donors (Lipinski definition) is 2. The Morgan fingerprint density at radius 2 is 2.30 bits per heavy atom. The van der Waals surface area contributed by atoms with Crippen molar-refractivity contribution in [2.75, 3.05) is 18.0 Å². The van der Waals surface area contributed by atoms with Gasteiger partial charge in [-0.3, -0.25) is 4.79 Å². The maximum atomic E-state index is 11.7. The number of anilines is 1. The normalized spacial score (nSPS) is 19.1. The topological polar surface area (TPSA) is 58.4 Å². The quantitative estimate of drug-likeness (QED) is 0.876. The molecule has 1 aromatic carbocycles. The van der Waals surface area contributed by atoms with Crippen molar-refractivity contribution in [1.29, 1.82) is 0 Å². The van der Waals surface area contributed by atoms with Crippen molar-refractivity contribution in [3.05, 3.63) is 28.8 Å². The summed E-state index contributed by atoms with van der Waals surface area (Å²) in [4.78, 5) is 13.8. The van der Waals surface area contributed by atoms with Crippen LogP contribution in [0.5, 0.6) is 0 Å². The number of amides is 1. The Morgan fingerprint density at radius 1 is 1.50 bits per heavy atom. The van der Waals surface area contributed by atoms with Gasteiger partial charge < -0.3 is 16.0 Å². The Morgan fingerprint density at radius 3 is 3.00 bits per heavy atom. The number of carbonyl (C=O) groups is 1. The number of rotatable bonds is 5. The molecule has 0 saturated carbocycles. The van der Waals surface area contributed by atoms with Gasteiger partial charge in [0.25, 0.3) is 0 Å². The highest BCUT2D eigenvalue weighted by Gasteiger charge is 2.28. The van der Waals surface area contributed by atoms with Gasteiger partial charge in [0.15, 0.2) is 0 Å². The number of benzene rings is 1. The lowest BCUT2D eigenvalue weighted by molar-refractivity contribution is -0.119. The fourth-order valence-corrected chi connectivity index (χ4v) is 2.95. The molecule has 1 aromatic rings. The van der Waals surface area contributed by atoms with Gasteiger partial charge in [0.05, 0.1) is 0 Å². The van der Waals surface area contributed by atoms with Gasteiger partial charge in [-0.2, -0.15) is 0 Å². The molecule has 1 aliphatic rings. The van der Waals surface area contributed by atoms with E-state index in [9.17, 15) is 4.79 Å². The minimum atomic E-state index is -0.242. The third-order valence-electron chi connectivity index (χ3n) is 3.75. The van der Waals surface area contributed by atoms with Crippen molar-refractivity contribution in [1.82, 2.24) is 5.32 Å². The highest BCUT2D eigenvalue weighted by Crippen LogP contribution is 2.30. The second-order valence-corrected chi connectivity index (χ2v) is 5.60. The molecule has 2 rings (SSSR count). The van der Waals surface area contributed by atoms with Crippen molar-refractivity contribution < 1.29 is 4.79 Å². The molecule has 1 saturated heterocycles. The lowest BCUT2D eigenvalue weighted by atomic mass is 9.99. The molecule has 0 radical (unpaired) electrons. The summed E-state index contributed by atoms with van der Waals surface area (Å²) in [6, 6.07) is 5.63. The Labute approximate surface area is 125 Å². The van der Waals surface area contributed by atoms with Gasteiger partial charge in [-0.1, -0.05) is 18.5 Å². The number of nitrogens with one attached hydrogen (secondary N) is 1. The van der Waals surface area contributed by atoms with Crippen LogP contribution in [0.25, 0.3) is 0 Å². The van der Waals surface area contributed by atoms with E-state index in [-0.39, 0.29) is 11.9 Å². The van der Waals surface area contributed by atoms with E-state index in [1.807, 2.05) is 18.2 Å². The lowest BCUT2D eigenvalue weighted by Crippen LogP contribution is -2.48. The van der Waals surface area contributed by atoms with Gasteiger partial charge in [-0.05, 0) is 49.6 Å². The Balaban J connectivity index is 2.31. The van der Waals surface area contributed by atoms with Crippen LogP contribution in [0, 0.1) is 0 Å². The zero-order chi connectivity index (χ0) is 14.5. The first-order valence-corrected chi connectivity index (χ1v) is 7.56. The molecule has 0 aromatic heterocycles. The van der Waals surface area contributed by atoms with E-state index in [2.05, 4.69) is 17.1 Å². The number of halogens is 1.